The standard InChI is InChI=1S/C22H29NO5S2/c1-4-6-7-13-28-17-11-10-16(14-18(17)26-3)15-19-21(25)23(22(29)30-19)12-8-9-20(24)27-5-2/h10-11,14-15H,4-9,12-13H2,1-3H3/b19-15-. The average Bonchev–Trinajstić information content (AvgIpc) is 2.99. The number of ether oxygens (including phenoxy) is 3. The third-order valence-electron chi connectivity index (χ3n) is 4.43. The molecule has 8 heteroatoms. The lowest BCUT2D eigenvalue weighted by atomic mass is 10.1. The van der Waals surface area contributed by atoms with Crippen LogP contribution in [0.5, 0.6) is 11.5 Å². The minimum atomic E-state index is -0.261. The van der Waals surface area contributed by atoms with E-state index >= 15 is 0 Å². The third-order valence-corrected chi connectivity index (χ3v) is 5.81. The highest BCUT2D eigenvalue weighted by Crippen LogP contribution is 2.35. The number of carbonyl (C=O) groups excluding carboxylic acids is 2. The van der Waals surface area contributed by atoms with E-state index in [9.17, 15) is 9.59 Å². The van der Waals surface area contributed by atoms with Crippen LogP contribution in [0.1, 0.15) is 51.5 Å². The molecule has 1 fully saturated rings. The maximum atomic E-state index is 12.7. The molecule has 1 amide bonds. The summed E-state index contributed by atoms with van der Waals surface area (Å²) in [5.41, 5.74) is 0.833. The Morgan fingerprint density at radius 3 is 2.70 bits per heavy atom. The van der Waals surface area contributed by atoms with Crippen molar-refractivity contribution < 1.29 is 23.8 Å². The van der Waals surface area contributed by atoms with Gasteiger partial charge in [0.2, 0.25) is 0 Å². The summed E-state index contributed by atoms with van der Waals surface area (Å²) < 4.78 is 16.7. The van der Waals surface area contributed by atoms with Crippen molar-refractivity contribution in [3.05, 3.63) is 28.7 Å². The number of amides is 1. The molecule has 0 unspecified atom stereocenters. The summed E-state index contributed by atoms with van der Waals surface area (Å²) in [5, 5.41) is 0. The van der Waals surface area contributed by atoms with Gasteiger partial charge in [0.15, 0.2) is 11.5 Å². The highest BCUT2D eigenvalue weighted by atomic mass is 32.2. The minimum Gasteiger partial charge on any atom is -0.493 e. The molecule has 0 spiro atoms. The first-order valence-electron chi connectivity index (χ1n) is 10.2. The van der Waals surface area contributed by atoms with Crippen molar-refractivity contribution in [1.29, 1.82) is 0 Å². The lowest BCUT2D eigenvalue weighted by Crippen LogP contribution is -2.29. The molecule has 0 saturated carbocycles. The Hall–Kier alpha value is -2.06. The van der Waals surface area contributed by atoms with Gasteiger partial charge in [-0.2, -0.15) is 0 Å². The lowest BCUT2D eigenvalue weighted by Gasteiger charge is -2.13. The van der Waals surface area contributed by atoms with Crippen LogP contribution in [0.25, 0.3) is 6.08 Å². The number of carbonyl (C=O) groups is 2. The molecule has 0 N–H and O–H groups in total. The van der Waals surface area contributed by atoms with Gasteiger partial charge in [-0.3, -0.25) is 14.5 Å². The van der Waals surface area contributed by atoms with E-state index in [1.807, 2.05) is 18.2 Å². The molecule has 0 atom stereocenters. The van der Waals surface area contributed by atoms with Gasteiger partial charge in [-0.1, -0.05) is 49.8 Å². The molecule has 2 rings (SSSR count). The Morgan fingerprint density at radius 1 is 1.20 bits per heavy atom. The van der Waals surface area contributed by atoms with Crippen molar-refractivity contribution >= 4 is 46.3 Å². The van der Waals surface area contributed by atoms with Gasteiger partial charge >= 0.3 is 5.97 Å². The van der Waals surface area contributed by atoms with Crippen molar-refractivity contribution in [2.24, 2.45) is 0 Å². The molecule has 0 aromatic heterocycles. The molecule has 0 bridgehead atoms. The Morgan fingerprint density at radius 2 is 2.00 bits per heavy atom. The molecule has 1 heterocycles. The van der Waals surface area contributed by atoms with Gasteiger partial charge in [0.05, 0.1) is 25.2 Å². The maximum Gasteiger partial charge on any atom is 0.305 e. The normalized spacial score (nSPS) is 15.0. The fraction of sp³-hybridized carbons (Fsp3) is 0.500. The monoisotopic (exact) mass is 451 g/mol. The number of unbranched alkanes of at least 4 members (excludes halogenated alkanes) is 2. The minimum absolute atomic E-state index is 0.146. The molecule has 1 aliphatic rings. The van der Waals surface area contributed by atoms with Gasteiger partial charge in [-0.25, -0.2) is 0 Å². The molecule has 0 radical (unpaired) electrons. The fourth-order valence-electron chi connectivity index (χ4n) is 2.89. The molecule has 1 aromatic carbocycles. The number of hydrogen-bond donors (Lipinski definition) is 0. The number of esters is 1. The van der Waals surface area contributed by atoms with Crippen LogP contribution < -0.4 is 9.47 Å². The lowest BCUT2D eigenvalue weighted by molar-refractivity contribution is -0.143. The third kappa shape index (κ3) is 7.02. The predicted octanol–water partition coefficient (Wildman–Crippen LogP) is 4.81. The van der Waals surface area contributed by atoms with Gasteiger partial charge in [-0.15, -0.1) is 0 Å². The van der Waals surface area contributed by atoms with Crippen LogP contribution in [0.4, 0.5) is 0 Å². The highest BCUT2D eigenvalue weighted by molar-refractivity contribution is 8.26. The van der Waals surface area contributed by atoms with Crippen molar-refractivity contribution in [2.75, 3.05) is 26.9 Å². The quantitative estimate of drug-likeness (QED) is 0.196. The van der Waals surface area contributed by atoms with E-state index in [0.29, 0.717) is 46.9 Å². The number of benzene rings is 1. The zero-order chi connectivity index (χ0) is 21.9. The SMILES string of the molecule is CCCCCOc1ccc(/C=C2\SC(=S)N(CCCC(=O)OCC)C2=O)cc1OC. The first-order valence-corrected chi connectivity index (χ1v) is 11.4. The molecule has 6 nitrogen and oxygen atoms in total. The Bertz CT molecular complexity index is 794. The molecular weight excluding hydrogens is 422 g/mol. The van der Waals surface area contributed by atoms with Crippen LogP contribution in [0.3, 0.4) is 0 Å². The van der Waals surface area contributed by atoms with Crippen molar-refractivity contribution in [3.8, 4) is 11.5 Å². The highest BCUT2D eigenvalue weighted by Gasteiger charge is 2.31. The van der Waals surface area contributed by atoms with E-state index in [1.54, 1.807) is 20.1 Å². The first kappa shape index (κ1) is 24.2. The smallest absolute Gasteiger partial charge is 0.305 e. The first-order chi connectivity index (χ1) is 14.5. The van der Waals surface area contributed by atoms with Crippen LogP contribution in [0.2, 0.25) is 0 Å². The number of thiocarbonyl (C=S) groups is 1. The molecular formula is C22H29NO5S2. The average molecular weight is 452 g/mol. The van der Waals surface area contributed by atoms with Gasteiger partial charge in [-0.05, 0) is 43.5 Å². The summed E-state index contributed by atoms with van der Waals surface area (Å²) in [6.45, 7) is 5.32. The van der Waals surface area contributed by atoms with Gasteiger partial charge in [0.1, 0.15) is 4.32 Å². The Labute approximate surface area is 187 Å². The van der Waals surface area contributed by atoms with Crippen LogP contribution in [0.15, 0.2) is 23.1 Å². The van der Waals surface area contributed by atoms with E-state index in [4.69, 9.17) is 26.4 Å². The summed E-state index contributed by atoms with van der Waals surface area (Å²) >= 11 is 6.61. The van der Waals surface area contributed by atoms with Gasteiger partial charge < -0.3 is 14.2 Å². The van der Waals surface area contributed by atoms with E-state index in [0.717, 1.165) is 24.8 Å². The van der Waals surface area contributed by atoms with Crippen molar-refractivity contribution in [2.45, 2.75) is 46.0 Å². The van der Waals surface area contributed by atoms with Crippen LogP contribution in [-0.2, 0) is 14.3 Å². The molecule has 1 aromatic rings. The topological polar surface area (TPSA) is 65.1 Å². The second-order valence-corrected chi connectivity index (χ2v) is 8.38. The Balaban J connectivity index is 2.01. The molecule has 164 valence electrons. The second kappa shape index (κ2) is 12.6. The van der Waals surface area contributed by atoms with Crippen molar-refractivity contribution in [1.82, 2.24) is 4.90 Å². The molecule has 1 saturated heterocycles. The van der Waals surface area contributed by atoms with Crippen LogP contribution in [-0.4, -0.2) is 48.0 Å². The molecule has 0 aliphatic carbocycles. The largest absolute Gasteiger partial charge is 0.493 e. The zero-order valence-electron chi connectivity index (χ0n) is 17.8. The zero-order valence-corrected chi connectivity index (χ0v) is 19.4. The number of nitrogens with zero attached hydrogens (tertiary/aromatic N) is 1. The summed E-state index contributed by atoms with van der Waals surface area (Å²) in [6, 6.07) is 5.60. The predicted molar refractivity (Wildman–Crippen MR) is 124 cm³/mol. The maximum absolute atomic E-state index is 12.7. The summed E-state index contributed by atoms with van der Waals surface area (Å²) in [7, 11) is 1.60. The molecule has 30 heavy (non-hydrogen) atoms. The van der Waals surface area contributed by atoms with E-state index < -0.39 is 0 Å². The van der Waals surface area contributed by atoms with E-state index in [-0.39, 0.29) is 18.3 Å². The van der Waals surface area contributed by atoms with E-state index in [1.165, 1.54) is 16.7 Å². The number of hydrogen-bond acceptors (Lipinski definition) is 7. The number of rotatable bonds is 12. The number of methoxy groups -OCH3 is 1. The fourth-order valence-corrected chi connectivity index (χ4v) is 4.19. The van der Waals surface area contributed by atoms with Crippen LogP contribution in [0, 0.1) is 0 Å². The van der Waals surface area contributed by atoms with E-state index in [2.05, 4.69) is 6.92 Å². The molecule has 1 aliphatic heterocycles. The van der Waals surface area contributed by atoms with Gasteiger partial charge in [0.25, 0.3) is 5.91 Å². The second-order valence-electron chi connectivity index (χ2n) is 6.71. The number of thioether (sulfide) groups is 1. The summed E-state index contributed by atoms with van der Waals surface area (Å²) in [5.74, 6) is 0.915. The van der Waals surface area contributed by atoms with Crippen LogP contribution >= 0.6 is 24.0 Å². The summed E-state index contributed by atoms with van der Waals surface area (Å²) in [4.78, 5) is 26.3. The van der Waals surface area contributed by atoms with Crippen molar-refractivity contribution in [3.63, 3.8) is 0 Å². The summed E-state index contributed by atoms with van der Waals surface area (Å²) in [6.07, 6.45) is 5.84. The Kier molecular flexibility index (Phi) is 10.2. The van der Waals surface area contributed by atoms with Gasteiger partial charge in [0, 0.05) is 13.0 Å².